The van der Waals surface area contributed by atoms with Crippen LogP contribution in [0.1, 0.15) is 11.1 Å². The van der Waals surface area contributed by atoms with E-state index in [2.05, 4.69) is 5.32 Å². The predicted molar refractivity (Wildman–Crippen MR) is 108 cm³/mol. The van der Waals surface area contributed by atoms with E-state index < -0.39 is 23.6 Å². The summed E-state index contributed by atoms with van der Waals surface area (Å²) in [7, 11) is 4.37. The number of hydrogen-bond donors (Lipinski definition) is 1. The summed E-state index contributed by atoms with van der Waals surface area (Å²) in [5.74, 6) is -0.0193. The molecule has 0 saturated heterocycles. The Morgan fingerprint density at radius 1 is 1.06 bits per heavy atom. The first kappa shape index (κ1) is 22.0. The van der Waals surface area contributed by atoms with E-state index in [-0.39, 0.29) is 17.9 Å². The summed E-state index contributed by atoms with van der Waals surface area (Å²) in [4.78, 5) is 25.8. The summed E-state index contributed by atoms with van der Waals surface area (Å²) in [6, 6.07) is 6.06. The van der Waals surface area contributed by atoms with E-state index in [1.165, 1.54) is 33.5 Å². The third kappa shape index (κ3) is 4.57. The van der Waals surface area contributed by atoms with E-state index in [1.54, 1.807) is 12.1 Å². The average molecular weight is 436 g/mol. The maximum atomic E-state index is 13.0. The summed E-state index contributed by atoms with van der Waals surface area (Å²) in [6.07, 6.45) is -1.89. The van der Waals surface area contributed by atoms with Crippen LogP contribution in [0, 0.1) is 0 Å². The fourth-order valence-electron chi connectivity index (χ4n) is 3.12. The smallest absolute Gasteiger partial charge is 0.416 e. The largest absolute Gasteiger partial charge is 0.493 e. The van der Waals surface area contributed by atoms with Gasteiger partial charge < -0.3 is 19.5 Å². The minimum Gasteiger partial charge on any atom is -0.493 e. The highest BCUT2D eigenvalue weighted by molar-refractivity contribution is 6.14. The first-order valence-electron chi connectivity index (χ1n) is 8.98. The third-order valence-corrected chi connectivity index (χ3v) is 4.56. The molecule has 10 heteroatoms. The molecule has 2 amide bonds. The van der Waals surface area contributed by atoms with Crippen LogP contribution in [0.4, 0.5) is 24.5 Å². The Bertz CT molecular complexity index is 1020. The highest BCUT2D eigenvalue weighted by Gasteiger charge is 2.33. The predicted octanol–water partition coefficient (Wildman–Crippen LogP) is 3.73. The fraction of sp³-hybridized carbons (Fsp3) is 0.238. The standard InChI is InChI=1S/C21H19F3N2O5/c1-29-16-8-12(9-17(30-2)20(16)31-3)4-7-19(28)26-11-18(27)25-14-10-13(21(22,23)24)5-6-15(14)26/h4-10H,11H2,1-3H3,(H,25,27)/b7-4+. The topological polar surface area (TPSA) is 77.1 Å². The zero-order valence-electron chi connectivity index (χ0n) is 16.9. The molecule has 0 bridgehead atoms. The first-order valence-corrected chi connectivity index (χ1v) is 8.98. The molecule has 0 fully saturated rings. The number of benzene rings is 2. The molecule has 164 valence electrons. The van der Waals surface area contributed by atoms with Crippen LogP contribution in [0.2, 0.25) is 0 Å². The lowest BCUT2D eigenvalue weighted by Gasteiger charge is -2.29. The molecule has 1 heterocycles. The van der Waals surface area contributed by atoms with Crippen LogP contribution in [-0.4, -0.2) is 39.7 Å². The number of ether oxygens (including phenoxy) is 3. The van der Waals surface area contributed by atoms with Crippen LogP contribution in [0.3, 0.4) is 0 Å². The van der Waals surface area contributed by atoms with Crippen LogP contribution in [-0.2, 0) is 15.8 Å². The lowest BCUT2D eigenvalue weighted by atomic mass is 10.1. The molecule has 0 spiro atoms. The molecule has 0 aromatic heterocycles. The number of alkyl halides is 3. The molecule has 0 saturated carbocycles. The molecule has 0 unspecified atom stereocenters. The molecule has 0 aliphatic carbocycles. The van der Waals surface area contributed by atoms with Gasteiger partial charge in [-0.2, -0.15) is 13.2 Å². The summed E-state index contributed by atoms with van der Waals surface area (Å²) in [6.45, 7) is -0.323. The summed E-state index contributed by atoms with van der Waals surface area (Å²) < 4.78 is 54.7. The number of amides is 2. The molecular formula is C21H19F3N2O5. The molecule has 0 atom stereocenters. The number of fused-ring (bicyclic) bond motifs is 1. The van der Waals surface area contributed by atoms with Crippen LogP contribution < -0.4 is 24.4 Å². The van der Waals surface area contributed by atoms with Crippen molar-refractivity contribution in [2.45, 2.75) is 6.18 Å². The monoisotopic (exact) mass is 436 g/mol. The second-order valence-corrected chi connectivity index (χ2v) is 6.49. The fourth-order valence-corrected chi connectivity index (χ4v) is 3.12. The Hall–Kier alpha value is -3.69. The van der Waals surface area contributed by atoms with E-state index in [0.29, 0.717) is 22.8 Å². The summed E-state index contributed by atoms with van der Waals surface area (Å²) in [5.41, 5.74) is -0.279. The van der Waals surface area contributed by atoms with Gasteiger partial charge in [-0.05, 0) is 42.0 Å². The Morgan fingerprint density at radius 2 is 1.71 bits per heavy atom. The lowest BCUT2D eigenvalue weighted by molar-refractivity contribution is -0.137. The van der Waals surface area contributed by atoms with Gasteiger partial charge in [0, 0.05) is 6.08 Å². The van der Waals surface area contributed by atoms with Gasteiger partial charge in [0.05, 0.1) is 38.3 Å². The van der Waals surface area contributed by atoms with E-state index in [4.69, 9.17) is 14.2 Å². The normalized spacial score (nSPS) is 13.6. The van der Waals surface area contributed by atoms with Gasteiger partial charge in [-0.25, -0.2) is 0 Å². The molecule has 31 heavy (non-hydrogen) atoms. The van der Waals surface area contributed by atoms with E-state index in [1.807, 2.05) is 0 Å². The number of rotatable bonds is 5. The Balaban J connectivity index is 1.91. The van der Waals surface area contributed by atoms with Crippen molar-refractivity contribution in [3.8, 4) is 17.2 Å². The number of anilines is 2. The first-order chi connectivity index (χ1) is 14.7. The Labute approximate surface area is 176 Å². The van der Waals surface area contributed by atoms with Crippen molar-refractivity contribution in [1.82, 2.24) is 0 Å². The third-order valence-electron chi connectivity index (χ3n) is 4.56. The molecular weight excluding hydrogens is 417 g/mol. The molecule has 7 nitrogen and oxygen atoms in total. The molecule has 1 N–H and O–H groups in total. The number of nitrogens with zero attached hydrogens (tertiary/aromatic N) is 1. The van der Waals surface area contributed by atoms with E-state index in [0.717, 1.165) is 23.1 Å². The van der Waals surface area contributed by atoms with Gasteiger partial charge in [0.25, 0.3) is 5.91 Å². The van der Waals surface area contributed by atoms with Crippen LogP contribution in [0.5, 0.6) is 17.2 Å². The van der Waals surface area contributed by atoms with Gasteiger partial charge in [0.2, 0.25) is 11.7 Å². The minimum absolute atomic E-state index is 0.0828. The van der Waals surface area contributed by atoms with Crippen molar-refractivity contribution in [3.63, 3.8) is 0 Å². The maximum absolute atomic E-state index is 13.0. The molecule has 3 rings (SSSR count). The van der Waals surface area contributed by atoms with Crippen LogP contribution >= 0.6 is 0 Å². The SMILES string of the molecule is COc1cc(/C=C/C(=O)N2CC(=O)Nc3cc(C(F)(F)F)ccc32)cc(OC)c1OC. The number of carbonyl (C=O) groups is 2. The maximum Gasteiger partial charge on any atom is 0.416 e. The number of carbonyl (C=O) groups excluding carboxylic acids is 2. The Morgan fingerprint density at radius 3 is 2.26 bits per heavy atom. The molecule has 2 aromatic carbocycles. The van der Waals surface area contributed by atoms with Crippen molar-refractivity contribution in [2.24, 2.45) is 0 Å². The van der Waals surface area contributed by atoms with Crippen molar-refractivity contribution in [3.05, 3.63) is 47.5 Å². The number of hydrogen-bond acceptors (Lipinski definition) is 5. The molecule has 2 aromatic rings. The zero-order valence-corrected chi connectivity index (χ0v) is 16.9. The highest BCUT2D eigenvalue weighted by Crippen LogP contribution is 2.39. The summed E-state index contributed by atoms with van der Waals surface area (Å²) >= 11 is 0. The second kappa shape index (κ2) is 8.58. The van der Waals surface area contributed by atoms with Crippen LogP contribution in [0.15, 0.2) is 36.4 Å². The van der Waals surface area contributed by atoms with Gasteiger partial charge in [-0.3, -0.25) is 14.5 Å². The molecule has 0 radical (unpaired) electrons. The van der Waals surface area contributed by atoms with Crippen LogP contribution in [0.25, 0.3) is 6.08 Å². The van der Waals surface area contributed by atoms with Crippen molar-refractivity contribution < 1.29 is 37.0 Å². The number of nitrogens with one attached hydrogen (secondary N) is 1. The van der Waals surface area contributed by atoms with Crippen molar-refractivity contribution in [1.29, 1.82) is 0 Å². The minimum atomic E-state index is -4.57. The van der Waals surface area contributed by atoms with Gasteiger partial charge in [-0.1, -0.05) is 0 Å². The zero-order chi connectivity index (χ0) is 22.8. The van der Waals surface area contributed by atoms with Gasteiger partial charge >= 0.3 is 6.18 Å². The van der Waals surface area contributed by atoms with Gasteiger partial charge in [0.15, 0.2) is 11.5 Å². The van der Waals surface area contributed by atoms with E-state index >= 15 is 0 Å². The second-order valence-electron chi connectivity index (χ2n) is 6.49. The Kier molecular flexibility index (Phi) is 6.09. The molecule has 1 aliphatic rings. The highest BCUT2D eigenvalue weighted by atomic mass is 19.4. The quantitative estimate of drug-likeness (QED) is 0.723. The molecule has 1 aliphatic heterocycles. The average Bonchev–Trinajstić information content (AvgIpc) is 2.74. The van der Waals surface area contributed by atoms with Gasteiger partial charge in [0.1, 0.15) is 6.54 Å². The summed E-state index contributed by atoms with van der Waals surface area (Å²) in [5, 5.41) is 2.37. The number of methoxy groups -OCH3 is 3. The van der Waals surface area contributed by atoms with Crippen molar-refractivity contribution in [2.75, 3.05) is 38.1 Å². The lowest BCUT2D eigenvalue weighted by Crippen LogP contribution is -2.41. The van der Waals surface area contributed by atoms with E-state index in [9.17, 15) is 22.8 Å². The van der Waals surface area contributed by atoms with Crippen molar-refractivity contribution >= 4 is 29.3 Å². The number of halogens is 3. The van der Waals surface area contributed by atoms with Gasteiger partial charge in [-0.15, -0.1) is 0 Å².